The molecule has 1 amide bonds. The summed E-state index contributed by atoms with van der Waals surface area (Å²) < 4.78 is 29.8. The molecule has 3 aliphatic heterocycles. The predicted octanol–water partition coefficient (Wildman–Crippen LogP) is 8.91. The summed E-state index contributed by atoms with van der Waals surface area (Å²) in [5, 5.41) is 33.9. The van der Waals surface area contributed by atoms with Gasteiger partial charge >= 0.3 is 5.97 Å². The highest BCUT2D eigenvalue weighted by Gasteiger charge is 2.52. The first-order valence-electron chi connectivity index (χ1n) is 27.3. The van der Waals surface area contributed by atoms with Crippen LogP contribution in [0.3, 0.4) is 0 Å². The molecule has 3 N–H and O–H groups in total. The summed E-state index contributed by atoms with van der Waals surface area (Å²) in [6.07, 6.45) is 17.6. The number of esters is 1. The first-order valence-corrected chi connectivity index (χ1v) is 27.3. The normalized spacial score (nSPS) is 36.3. The lowest BCUT2D eigenvalue weighted by Crippen LogP contribution is -2.59. The number of hydrogen-bond acceptors (Lipinski definition) is 13. The molecule has 1 unspecified atom stereocenters. The highest BCUT2D eigenvalue weighted by atomic mass is 16.6. The fraction of sp³-hybridized carbons (Fsp3) is 0.776. The van der Waals surface area contributed by atoms with Crippen molar-refractivity contribution in [2.24, 2.45) is 35.5 Å². The Balaban J connectivity index is 1.61. The number of amides is 1. The van der Waals surface area contributed by atoms with Crippen molar-refractivity contribution in [1.82, 2.24) is 4.90 Å². The summed E-state index contributed by atoms with van der Waals surface area (Å²) in [4.78, 5) is 71.3. The van der Waals surface area contributed by atoms with Crippen LogP contribution in [0.4, 0.5) is 0 Å². The molecule has 408 valence electrons. The number of aliphatic hydroxyl groups excluding tert-OH is 2. The van der Waals surface area contributed by atoms with Crippen LogP contribution in [0.25, 0.3) is 0 Å². The SMILES string of the molecule is COC1CC(=O)[C@H](C)C[C@H](C)CC=CC=CC=C(C)[C@@H](OC)C[C@@H]2CCC[C@@H](C)[C@@](O)(O2)C(=O)C(=O)N2CCCC[C@H]2C(=O)O[C@H](C[C@H](C)C[C@@H]2CC[C@@H](O)[C@H](OC)C2)CCCC(=O)C[C@H](C)C=C(C)[C@H]1O. The minimum absolute atomic E-state index is 0.0228. The third kappa shape index (κ3) is 18.5. The number of rotatable bonds is 7. The van der Waals surface area contributed by atoms with Crippen LogP contribution in [0, 0.1) is 35.5 Å². The first-order chi connectivity index (χ1) is 34.2. The third-order valence-electron chi connectivity index (χ3n) is 16.0. The minimum atomic E-state index is -2.41. The summed E-state index contributed by atoms with van der Waals surface area (Å²) in [5.41, 5.74) is 1.54. The molecular formula is C58H93NO13. The van der Waals surface area contributed by atoms with E-state index in [0.29, 0.717) is 88.5 Å². The van der Waals surface area contributed by atoms with Gasteiger partial charge in [0, 0.05) is 65.4 Å². The van der Waals surface area contributed by atoms with Crippen molar-refractivity contribution in [3.8, 4) is 0 Å². The van der Waals surface area contributed by atoms with E-state index in [-0.39, 0.29) is 67.1 Å². The lowest BCUT2D eigenvalue weighted by Gasteiger charge is -2.38. The number of cyclic esters (lactones) is 1. The smallest absolute Gasteiger partial charge is 0.329 e. The number of carbonyl (C=O) groups is 5. The minimum Gasteiger partial charge on any atom is -0.461 e. The van der Waals surface area contributed by atoms with Crippen LogP contribution in [0.15, 0.2) is 47.6 Å². The van der Waals surface area contributed by atoms with Crippen LogP contribution >= 0.6 is 0 Å². The van der Waals surface area contributed by atoms with Crippen LogP contribution in [0.5, 0.6) is 0 Å². The Bertz CT molecular complexity index is 1880. The van der Waals surface area contributed by atoms with Crippen molar-refractivity contribution in [1.29, 1.82) is 0 Å². The number of hydrogen-bond donors (Lipinski definition) is 3. The van der Waals surface area contributed by atoms with E-state index in [1.807, 2.05) is 51.2 Å². The second-order valence-electron chi connectivity index (χ2n) is 22.3. The molecule has 72 heavy (non-hydrogen) atoms. The van der Waals surface area contributed by atoms with Gasteiger partial charge in [-0.2, -0.15) is 0 Å². The molecule has 0 radical (unpaired) electrons. The Morgan fingerprint density at radius 3 is 2.22 bits per heavy atom. The zero-order valence-electron chi connectivity index (χ0n) is 45.6. The molecule has 15 atom stereocenters. The van der Waals surface area contributed by atoms with Crippen LogP contribution < -0.4 is 0 Å². The van der Waals surface area contributed by atoms with Crippen LogP contribution in [-0.2, 0) is 47.7 Å². The maximum atomic E-state index is 14.4. The second-order valence-corrected chi connectivity index (χ2v) is 22.3. The quantitative estimate of drug-likeness (QED) is 0.124. The Morgan fingerprint density at radius 2 is 1.51 bits per heavy atom. The lowest BCUT2D eigenvalue weighted by molar-refractivity contribution is -0.242. The molecule has 14 heteroatoms. The highest BCUT2D eigenvalue weighted by molar-refractivity contribution is 6.39. The number of ether oxygens (including phenoxy) is 5. The van der Waals surface area contributed by atoms with Gasteiger partial charge in [-0.1, -0.05) is 77.5 Å². The van der Waals surface area contributed by atoms with E-state index in [0.717, 1.165) is 31.3 Å². The molecule has 3 heterocycles. The Hall–Kier alpha value is -3.37. The topological polar surface area (TPSA) is 195 Å². The third-order valence-corrected chi connectivity index (χ3v) is 16.0. The van der Waals surface area contributed by atoms with Gasteiger partial charge < -0.3 is 43.9 Å². The molecule has 0 aromatic rings. The number of aliphatic hydroxyl groups is 3. The Morgan fingerprint density at radius 1 is 0.778 bits per heavy atom. The number of piperidine rings is 1. The summed E-state index contributed by atoms with van der Waals surface area (Å²) in [5.74, 6) is -5.48. The number of ketones is 3. The van der Waals surface area contributed by atoms with Gasteiger partial charge in [-0.25, -0.2) is 4.79 Å². The van der Waals surface area contributed by atoms with E-state index in [1.165, 1.54) is 12.0 Å². The fourth-order valence-corrected chi connectivity index (χ4v) is 11.6. The van der Waals surface area contributed by atoms with Crippen molar-refractivity contribution in [3.63, 3.8) is 0 Å². The van der Waals surface area contributed by atoms with Gasteiger partial charge in [0.25, 0.3) is 11.7 Å². The fourth-order valence-electron chi connectivity index (χ4n) is 11.6. The zero-order valence-corrected chi connectivity index (χ0v) is 45.6. The standard InChI is InChI=1S/C58H93NO13/c1-37-19-13-11-12-14-20-40(4)51(68-8)35-47-24-17-21-43(7)58(67,72-47)55(64)56(65)59-28-16-15-25-48(59)57(66)71-46(33-39(3)31-44-26-27-49(61)52(34-44)69-9)23-18-22-45(60)32-38(2)30-42(6)54(63)53(70-10)36-50(62)41(5)29-37/h11-14,20,30,37-39,41,43-44,46-49,51-54,61,63,67H,15-19,21-29,31-36H2,1-10H3/t37-,38-,39-,41-,43-,44+,46+,47+,48+,49-,51+,52-,53?,54-,58-/m1/s1. The van der Waals surface area contributed by atoms with E-state index in [9.17, 15) is 39.3 Å². The second kappa shape index (κ2) is 30.2. The maximum Gasteiger partial charge on any atom is 0.329 e. The average molecular weight is 1010 g/mol. The van der Waals surface area contributed by atoms with Crippen molar-refractivity contribution in [3.05, 3.63) is 47.6 Å². The molecule has 4 aliphatic rings. The van der Waals surface area contributed by atoms with Gasteiger partial charge in [-0.05, 0) is 139 Å². The molecule has 1 aliphatic carbocycles. The van der Waals surface area contributed by atoms with Crippen LogP contribution in [-0.4, -0.2) is 132 Å². The van der Waals surface area contributed by atoms with Crippen molar-refractivity contribution >= 4 is 29.2 Å². The number of carbonyl (C=O) groups excluding carboxylic acids is 5. The van der Waals surface area contributed by atoms with Gasteiger partial charge in [0.15, 0.2) is 0 Å². The molecule has 2 saturated heterocycles. The van der Waals surface area contributed by atoms with E-state index >= 15 is 0 Å². The summed E-state index contributed by atoms with van der Waals surface area (Å²) >= 11 is 0. The zero-order chi connectivity index (χ0) is 53.1. The predicted molar refractivity (Wildman–Crippen MR) is 277 cm³/mol. The molecule has 0 aromatic carbocycles. The molecule has 4 rings (SSSR count). The van der Waals surface area contributed by atoms with Gasteiger partial charge in [0.05, 0.1) is 30.5 Å². The number of Topliss-reactive ketones (excluding diaryl/α,β-unsaturated/α-hetero) is 3. The van der Waals surface area contributed by atoms with Crippen LogP contribution in [0.1, 0.15) is 170 Å². The highest BCUT2D eigenvalue weighted by Crippen LogP contribution is 2.37. The maximum absolute atomic E-state index is 14.4. The number of allylic oxidation sites excluding steroid dienone is 6. The van der Waals surface area contributed by atoms with E-state index in [1.54, 1.807) is 28.1 Å². The first kappa shape index (κ1) is 61.2. The molecule has 0 spiro atoms. The largest absolute Gasteiger partial charge is 0.461 e. The van der Waals surface area contributed by atoms with Gasteiger partial charge in [0.1, 0.15) is 29.8 Å². The van der Waals surface area contributed by atoms with Crippen molar-refractivity contribution in [2.75, 3.05) is 27.9 Å². The lowest BCUT2D eigenvalue weighted by atomic mass is 9.79. The number of fused-ring (bicyclic) bond motifs is 3. The van der Waals surface area contributed by atoms with E-state index < -0.39 is 72.0 Å². The average Bonchev–Trinajstić information content (AvgIpc) is 3.49. The molecule has 1 saturated carbocycles. The monoisotopic (exact) mass is 1010 g/mol. The van der Waals surface area contributed by atoms with E-state index in [4.69, 9.17) is 23.7 Å². The van der Waals surface area contributed by atoms with Crippen LogP contribution in [0.2, 0.25) is 0 Å². The number of methoxy groups -OCH3 is 3. The molecule has 14 nitrogen and oxygen atoms in total. The van der Waals surface area contributed by atoms with Crippen molar-refractivity contribution in [2.45, 2.75) is 225 Å². The summed E-state index contributed by atoms with van der Waals surface area (Å²) in [7, 11) is 4.72. The molecule has 2 bridgehead atoms. The van der Waals surface area contributed by atoms with E-state index in [2.05, 4.69) is 19.9 Å². The van der Waals surface area contributed by atoms with Gasteiger partial charge in [0.2, 0.25) is 5.79 Å². The number of nitrogens with zero attached hydrogens (tertiary/aromatic N) is 1. The summed E-state index contributed by atoms with van der Waals surface area (Å²) in [6, 6.07) is -1.04. The molecular weight excluding hydrogens is 919 g/mol. The van der Waals surface area contributed by atoms with Gasteiger partial charge in [-0.15, -0.1) is 0 Å². The van der Waals surface area contributed by atoms with Crippen molar-refractivity contribution < 1.29 is 63.0 Å². The molecule has 0 aromatic heterocycles. The summed E-state index contributed by atoms with van der Waals surface area (Å²) in [6.45, 7) is 13.7. The van der Waals surface area contributed by atoms with Gasteiger partial charge in [-0.3, -0.25) is 19.2 Å². The Kier molecular flexibility index (Phi) is 25.7. The Labute approximate surface area is 431 Å². The molecule has 3 fully saturated rings.